The van der Waals surface area contributed by atoms with Crippen LogP contribution in [0.15, 0.2) is 340 Å². The van der Waals surface area contributed by atoms with Crippen molar-refractivity contribution in [2.45, 2.75) is 22.7 Å². The number of rotatable bonds is 9. The first-order chi connectivity index (χ1) is 43.5. The number of hydrogen-bond donors (Lipinski definition) is 0. The van der Waals surface area contributed by atoms with E-state index >= 15 is 0 Å². The van der Waals surface area contributed by atoms with Crippen molar-refractivity contribution in [2.75, 3.05) is 0 Å². The van der Waals surface area contributed by atoms with Crippen LogP contribution in [0.2, 0.25) is 0 Å². The molecule has 14 aromatic rings. The molecule has 0 radical (unpaired) electrons. The third-order valence-electron chi connectivity index (χ3n) is 18.1. The summed E-state index contributed by atoms with van der Waals surface area (Å²) in [7, 11) is 0. The van der Waals surface area contributed by atoms with Crippen LogP contribution in [0.5, 0.6) is 0 Å². The Bertz CT molecular complexity index is 4700. The molecule has 0 aliphatic heterocycles. The molecule has 0 unspecified atom stereocenters. The van der Waals surface area contributed by atoms with Gasteiger partial charge in [0.1, 0.15) is 0 Å². The van der Waals surface area contributed by atoms with Crippen LogP contribution in [0.1, 0.15) is 82.1 Å². The van der Waals surface area contributed by atoms with Gasteiger partial charge in [0.25, 0.3) is 0 Å². The van der Waals surface area contributed by atoms with E-state index in [2.05, 4.69) is 385 Å². The van der Waals surface area contributed by atoms with E-state index in [0.29, 0.717) is 0 Å². The second kappa shape index (κ2) is 23.9. The van der Waals surface area contributed by atoms with Gasteiger partial charge in [-0.05, 0) is 153 Å². The normalized spacial score (nSPS) is 14.5. The summed E-state index contributed by atoms with van der Waals surface area (Å²) < 4.78 is 5.36. The Morgan fingerprint density at radius 1 is 0.261 bits per heavy atom. The molecule has 0 saturated carbocycles. The standard InChI is InChI=1S/C42H28S.C29H18I2S.C13H12/c1-5-17-29(18-6-1)41(30-19-7-2-8-20-30)35-27-15-13-25-33(35)37-39(41)40-38(34-26-14-16-28-36(34)43-40)42(37,31-21-9-3-10-22-31)32-23-11-4-12-24-32;30-26-21-15-7-9-17-23(21)29(19-11-3-1-4-12-19,20-13-5-2-6-14-20)25(26)28-27(31)22-16-8-10-18-24(22)32-28;1-3-7-12(8-4-1)11-13-9-5-2-6-10-13/h1-28H;1-18H;1-10H,11H2. The number of halogens is 2. The van der Waals surface area contributed by atoms with E-state index in [0.717, 1.165) is 6.42 Å². The molecule has 2 heterocycles. The molecule has 0 N–H and O–H groups in total. The molecular formula is C84H58I2S2. The first-order valence-corrected chi connectivity index (χ1v) is 33.8. The highest BCUT2D eigenvalue weighted by atomic mass is 127. The van der Waals surface area contributed by atoms with Crippen molar-refractivity contribution in [1.82, 2.24) is 0 Å². The van der Waals surface area contributed by atoms with Crippen LogP contribution in [0, 0.1) is 3.57 Å². The average Bonchev–Trinajstić information content (AvgIpc) is 1.48. The van der Waals surface area contributed by atoms with Gasteiger partial charge >= 0.3 is 0 Å². The van der Waals surface area contributed by atoms with Crippen LogP contribution in [-0.2, 0) is 22.7 Å². The van der Waals surface area contributed by atoms with Crippen LogP contribution in [0.25, 0.3) is 40.5 Å². The minimum absolute atomic E-state index is 0.351. The van der Waals surface area contributed by atoms with E-state index in [9.17, 15) is 0 Å². The molecule has 4 heteroatoms. The Balaban J connectivity index is 0.000000126. The summed E-state index contributed by atoms with van der Waals surface area (Å²) in [5.74, 6) is 0. The van der Waals surface area contributed by atoms with E-state index < -0.39 is 10.8 Å². The SMILES string of the molecule is IC1=C(c2sc3ccccc3c2I)C(c2ccccc2)(c2ccccc2)c2ccccc21.c1ccc(C2(c3ccccc3)C3=C(c4ccccc42)C(c2ccccc2)(c2ccccc2)c2c3sc3ccccc23)cc1.c1ccc(Cc2ccccc2)cc1. The highest BCUT2D eigenvalue weighted by Crippen LogP contribution is 2.72. The largest absolute Gasteiger partial charge is 0.135 e. The quantitative estimate of drug-likeness (QED) is 0.126. The predicted molar refractivity (Wildman–Crippen MR) is 391 cm³/mol. The van der Waals surface area contributed by atoms with Gasteiger partial charge in [0.15, 0.2) is 0 Å². The molecule has 0 amide bonds. The number of allylic oxidation sites excluding steroid dienone is 3. The van der Waals surface area contributed by atoms with Gasteiger partial charge < -0.3 is 0 Å². The summed E-state index contributed by atoms with van der Waals surface area (Å²) >= 11 is 9.03. The fourth-order valence-electron chi connectivity index (χ4n) is 14.6. The molecule has 0 nitrogen and oxygen atoms in total. The maximum Gasteiger partial charge on any atom is 0.0732 e. The van der Waals surface area contributed by atoms with E-state index in [4.69, 9.17) is 0 Å². The number of thiophene rings is 2. The van der Waals surface area contributed by atoms with Gasteiger partial charge in [-0.3, -0.25) is 0 Å². The lowest BCUT2D eigenvalue weighted by molar-refractivity contribution is 0.809. The third kappa shape index (κ3) is 9.08. The van der Waals surface area contributed by atoms with Crippen LogP contribution in [0.4, 0.5) is 0 Å². The molecular weight excluding hydrogens is 1330 g/mol. The molecule has 12 aromatic carbocycles. The lowest BCUT2D eigenvalue weighted by Gasteiger charge is -2.36. The topological polar surface area (TPSA) is 0 Å². The van der Waals surface area contributed by atoms with E-state index in [1.165, 1.54) is 126 Å². The van der Waals surface area contributed by atoms with Gasteiger partial charge in [-0.25, -0.2) is 0 Å². The number of hydrogen-bond acceptors (Lipinski definition) is 2. The van der Waals surface area contributed by atoms with E-state index in [1.807, 2.05) is 22.7 Å². The smallest absolute Gasteiger partial charge is 0.0732 e. The van der Waals surface area contributed by atoms with Crippen LogP contribution in [0.3, 0.4) is 0 Å². The van der Waals surface area contributed by atoms with Crippen molar-refractivity contribution in [3.63, 3.8) is 0 Å². The Labute approximate surface area is 551 Å². The fourth-order valence-corrected chi connectivity index (χ4v) is 19.7. The maximum atomic E-state index is 2.59. The Kier molecular flexibility index (Phi) is 15.2. The Hall–Kier alpha value is -8.50. The first kappa shape index (κ1) is 56.0. The summed E-state index contributed by atoms with van der Waals surface area (Å²) in [6.07, 6.45) is 1.03. The molecule has 3 aliphatic carbocycles. The molecule has 3 aliphatic rings. The maximum absolute atomic E-state index is 2.59. The second-order valence-electron chi connectivity index (χ2n) is 22.7. The Morgan fingerprint density at radius 2 is 0.580 bits per heavy atom. The number of fused-ring (bicyclic) bond motifs is 8. The molecule has 17 rings (SSSR count). The molecule has 420 valence electrons. The predicted octanol–water partition coefficient (Wildman–Crippen LogP) is 22.9. The molecule has 0 spiro atoms. The molecule has 0 fully saturated rings. The summed E-state index contributed by atoms with van der Waals surface area (Å²) in [5, 5.41) is 2.69. The third-order valence-corrected chi connectivity index (χ3v) is 23.0. The molecule has 88 heavy (non-hydrogen) atoms. The molecule has 0 bridgehead atoms. The van der Waals surface area contributed by atoms with Gasteiger partial charge in [0, 0.05) is 37.3 Å². The van der Waals surface area contributed by atoms with Gasteiger partial charge in [0.2, 0.25) is 0 Å². The summed E-state index contributed by atoms with van der Waals surface area (Å²) in [4.78, 5) is 2.77. The van der Waals surface area contributed by atoms with Crippen molar-refractivity contribution in [3.8, 4) is 0 Å². The summed E-state index contributed by atoms with van der Waals surface area (Å²) in [6.45, 7) is 0. The minimum atomic E-state index is -0.478. The minimum Gasteiger partial charge on any atom is -0.135 e. The lowest BCUT2D eigenvalue weighted by Crippen LogP contribution is -2.30. The van der Waals surface area contributed by atoms with Gasteiger partial charge in [0.05, 0.1) is 16.2 Å². The van der Waals surface area contributed by atoms with Crippen molar-refractivity contribution in [2.24, 2.45) is 0 Å². The highest BCUT2D eigenvalue weighted by molar-refractivity contribution is 14.1. The molecule has 0 atom stereocenters. The number of benzene rings is 12. The zero-order chi connectivity index (χ0) is 59.1. The van der Waals surface area contributed by atoms with Crippen molar-refractivity contribution >= 4 is 108 Å². The molecule has 2 aromatic heterocycles. The van der Waals surface area contributed by atoms with Crippen LogP contribution < -0.4 is 0 Å². The lowest BCUT2D eigenvalue weighted by atomic mass is 9.65. The first-order valence-electron chi connectivity index (χ1n) is 30.0. The highest BCUT2D eigenvalue weighted by Gasteiger charge is 2.60. The second-order valence-corrected chi connectivity index (χ2v) is 26.9. The van der Waals surface area contributed by atoms with Crippen molar-refractivity contribution in [1.29, 1.82) is 0 Å². The molecule has 0 saturated heterocycles. The van der Waals surface area contributed by atoms with E-state index in [-0.39, 0.29) is 5.41 Å². The zero-order valence-corrected chi connectivity index (χ0v) is 54.1. The van der Waals surface area contributed by atoms with Crippen molar-refractivity contribution in [3.05, 3.63) is 425 Å². The van der Waals surface area contributed by atoms with Gasteiger partial charge in [-0.2, -0.15) is 0 Å². The van der Waals surface area contributed by atoms with Crippen molar-refractivity contribution < 1.29 is 0 Å². The van der Waals surface area contributed by atoms with E-state index in [1.54, 1.807) is 0 Å². The van der Waals surface area contributed by atoms with Gasteiger partial charge in [-0.1, -0.05) is 328 Å². The summed E-state index contributed by atoms with van der Waals surface area (Å²) in [6, 6.07) is 124. The van der Waals surface area contributed by atoms with Crippen LogP contribution in [-0.4, -0.2) is 0 Å². The van der Waals surface area contributed by atoms with Crippen LogP contribution >= 0.6 is 67.9 Å². The fraction of sp³-hybridized carbons (Fsp3) is 0.0476. The van der Waals surface area contributed by atoms with Gasteiger partial charge in [-0.15, -0.1) is 22.7 Å². The average molecular weight is 1390 g/mol. The zero-order valence-electron chi connectivity index (χ0n) is 48.1. The monoisotopic (exact) mass is 1380 g/mol. The Morgan fingerprint density at radius 3 is 1.02 bits per heavy atom. The summed E-state index contributed by atoms with van der Waals surface area (Å²) in [5.41, 5.74) is 20.4.